The zero-order chi connectivity index (χ0) is 13.7. The summed E-state index contributed by atoms with van der Waals surface area (Å²) in [6, 6.07) is 0. The Balaban J connectivity index is 1.88. The fourth-order valence-corrected chi connectivity index (χ4v) is 2.13. The SMILES string of the molecule is CC1CC(N2CCOCC2)=NN=C1OCCN(C)C. The lowest BCUT2D eigenvalue weighted by molar-refractivity contribution is 0.0666. The molecular weight excluding hydrogens is 244 g/mol. The highest BCUT2D eigenvalue weighted by Gasteiger charge is 2.24. The average molecular weight is 268 g/mol. The number of likely N-dealkylation sites (N-methyl/N-ethyl adjacent to an activating group) is 1. The number of hydrogen-bond donors (Lipinski definition) is 0. The normalized spacial score (nSPS) is 24.2. The van der Waals surface area contributed by atoms with Gasteiger partial charge in [-0.3, -0.25) is 0 Å². The summed E-state index contributed by atoms with van der Waals surface area (Å²) in [5.74, 6) is 2.13. The minimum atomic E-state index is 0.303. The van der Waals surface area contributed by atoms with Gasteiger partial charge in [-0.05, 0) is 14.1 Å². The van der Waals surface area contributed by atoms with E-state index < -0.39 is 0 Å². The topological polar surface area (TPSA) is 49.7 Å². The van der Waals surface area contributed by atoms with Gasteiger partial charge in [0.1, 0.15) is 12.4 Å². The van der Waals surface area contributed by atoms with E-state index in [4.69, 9.17) is 9.47 Å². The van der Waals surface area contributed by atoms with E-state index in [1.807, 2.05) is 14.1 Å². The van der Waals surface area contributed by atoms with Crippen LogP contribution in [0.2, 0.25) is 0 Å². The van der Waals surface area contributed by atoms with Crippen molar-refractivity contribution in [2.24, 2.45) is 16.1 Å². The molecule has 0 N–H and O–H groups in total. The number of ether oxygens (including phenoxy) is 2. The van der Waals surface area contributed by atoms with Gasteiger partial charge in [0, 0.05) is 32.0 Å². The Kier molecular flexibility index (Phi) is 5.15. The van der Waals surface area contributed by atoms with E-state index in [0.717, 1.165) is 51.0 Å². The van der Waals surface area contributed by atoms with Crippen molar-refractivity contribution in [3.8, 4) is 0 Å². The minimum absolute atomic E-state index is 0.303. The molecule has 108 valence electrons. The lowest BCUT2D eigenvalue weighted by Crippen LogP contribution is -2.42. The summed E-state index contributed by atoms with van der Waals surface area (Å²) < 4.78 is 11.1. The van der Waals surface area contributed by atoms with E-state index in [9.17, 15) is 0 Å². The van der Waals surface area contributed by atoms with Crippen LogP contribution >= 0.6 is 0 Å². The van der Waals surface area contributed by atoms with Crippen LogP contribution in [0, 0.1) is 5.92 Å². The molecule has 0 spiro atoms. The van der Waals surface area contributed by atoms with Crippen molar-refractivity contribution in [3.63, 3.8) is 0 Å². The summed E-state index contributed by atoms with van der Waals surface area (Å²) >= 11 is 0. The molecule has 2 aliphatic rings. The molecule has 2 heterocycles. The van der Waals surface area contributed by atoms with Crippen LogP contribution in [0.3, 0.4) is 0 Å². The van der Waals surface area contributed by atoms with Gasteiger partial charge in [0.15, 0.2) is 0 Å². The molecule has 0 bridgehead atoms. The van der Waals surface area contributed by atoms with Gasteiger partial charge in [0.25, 0.3) is 0 Å². The van der Waals surface area contributed by atoms with E-state index in [1.54, 1.807) is 0 Å². The van der Waals surface area contributed by atoms with Gasteiger partial charge in [-0.1, -0.05) is 6.92 Å². The maximum Gasteiger partial charge on any atom is 0.211 e. The molecule has 0 aromatic carbocycles. The molecule has 0 aliphatic carbocycles. The highest BCUT2D eigenvalue weighted by molar-refractivity contribution is 5.91. The van der Waals surface area contributed by atoms with E-state index in [0.29, 0.717) is 12.5 Å². The molecule has 1 saturated heterocycles. The molecule has 0 radical (unpaired) electrons. The second-order valence-corrected chi connectivity index (χ2v) is 5.31. The summed E-state index contributed by atoms with van der Waals surface area (Å²) in [7, 11) is 4.06. The molecule has 2 rings (SSSR count). The molecule has 1 unspecified atom stereocenters. The third kappa shape index (κ3) is 4.18. The molecule has 1 atom stereocenters. The molecule has 1 fully saturated rings. The Morgan fingerprint density at radius 1 is 1.32 bits per heavy atom. The average Bonchev–Trinajstić information content (AvgIpc) is 2.41. The Morgan fingerprint density at radius 2 is 2.05 bits per heavy atom. The van der Waals surface area contributed by atoms with Gasteiger partial charge in [0.2, 0.25) is 5.90 Å². The summed E-state index contributed by atoms with van der Waals surface area (Å²) in [6.45, 7) is 7.09. The summed E-state index contributed by atoms with van der Waals surface area (Å²) in [4.78, 5) is 4.36. The van der Waals surface area contributed by atoms with Crippen LogP contribution in [0.4, 0.5) is 0 Å². The number of hydrogen-bond acceptors (Lipinski definition) is 6. The first-order valence-electron chi connectivity index (χ1n) is 6.91. The summed E-state index contributed by atoms with van der Waals surface area (Å²) in [5.41, 5.74) is 0. The van der Waals surface area contributed by atoms with Gasteiger partial charge in [-0.25, -0.2) is 0 Å². The third-order valence-corrected chi connectivity index (χ3v) is 3.34. The lowest BCUT2D eigenvalue weighted by atomic mass is 10.1. The van der Waals surface area contributed by atoms with Gasteiger partial charge in [0.05, 0.1) is 13.2 Å². The predicted octanol–water partition coefficient (Wildman–Crippen LogP) is 0.649. The van der Waals surface area contributed by atoms with Crippen molar-refractivity contribution >= 4 is 11.7 Å². The molecule has 6 nitrogen and oxygen atoms in total. The van der Waals surface area contributed by atoms with E-state index >= 15 is 0 Å². The lowest BCUT2D eigenvalue weighted by Gasteiger charge is -2.32. The monoisotopic (exact) mass is 268 g/mol. The first-order valence-corrected chi connectivity index (χ1v) is 6.91. The standard InChI is InChI=1S/C13H24N4O2/c1-11-10-12(17-5-7-18-8-6-17)14-15-13(11)19-9-4-16(2)3/h11H,4-10H2,1-3H3. The van der Waals surface area contributed by atoms with Crippen LogP contribution in [0.1, 0.15) is 13.3 Å². The molecule has 0 aromatic rings. The maximum atomic E-state index is 5.70. The Hall–Kier alpha value is -1.14. The molecular formula is C13H24N4O2. The molecule has 2 aliphatic heterocycles. The molecule has 0 saturated carbocycles. The molecule has 0 aromatic heterocycles. The van der Waals surface area contributed by atoms with Crippen LogP contribution in [0.25, 0.3) is 0 Å². The van der Waals surface area contributed by atoms with Crippen molar-refractivity contribution in [3.05, 3.63) is 0 Å². The van der Waals surface area contributed by atoms with Crippen molar-refractivity contribution < 1.29 is 9.47 Å². The van der Waals surface area contributed by atoms with Gasteiger partial charge < -0.3 is 19.3 Å². The number of rotatable bonds is 3. The van der Waals surface area contributed by atoms with Gasteiger partial charge in [-0.15, -0.1) is 10.2 Å². The minimum Gasteiger partial charge on any atom is -0.478 e. The van der Waals surface area contributed by atoms with Crippen LogP contribution in [-0.2, 0) is 9.47 Å². The quantitative estimate of drug-likeness (QED) is 0.754. The number of amidine groups is 1. The zero-order valence-corrected chi connectivity index (χ0v) is 12.1. The smallest absolute Gasteiger partial charge is 0.211 e. The third-order valence-electron chi connectivity index (χ3n) is 3.34. The summed E-state index contributed by atoms with van der Waals surface area (Å²) in [5, 5.41) is 8.56. The number of nitrogens with zero attached hydrogens (tertiary/aromatic N) is 4. The molecule has 0 amide bonds. The second-order valence-electron chi connectivity index (χ2n) is 5.31. The van der Waals surface area contributed by atoms with Crippen molar-refractivity contribution in [1.82, 2.24) is 9.80 Å². The van der Waals surface area contributed by atoms with E-state index in [1.165, 1.54) is 0 Å². The zero-order valence-electron chi connectivity index (χ0n) is 12.1. The van der Waals surface area contributed by atoms with Crippen molar-refractivity contribution in [1.29, 1.82) is 0 Å². The van der Waals surface area contributed by atoms with Crippen LogP contribution < -0.4 is 0 Å². The fraction of sp³-hybridized carbons (Fsp3) is 0.846. The fourth-order valence-electron chi connectivity index (χ4n) is 2.13. The van der Waals surface area contributed by atoms with Crippen LogP contribution in [0.5, 0.6) is 0 Å². The maximum absolute atomic E-state index is 5.70. The highest BCUT2D eigenvalue weighted by atomic mass is 16.5. The van der Waals surface area contributed by atoms with Crippen LogP contribution in [0.15, 0.2) is 10.2 Å². The Labute approximate surface area is 115 Å². The first-order chi connectivity index (χ1) is 9.16. The van der Waals surface area contributed by atoms with Crippen molar-refractivity contribution in [2.75, 3.05) is 53.6 Å². The van der Waals surface area contributed by atoms with Gasteiger partial charge in [-0.2, -0.15) is 0 Å². The second kappa shape index (κ2) is 6.86. The predicted molar refractivity (Wildman–Crippen MR) is 75.5 cm³/mol. The van der Waals surface area contributed by atoms with Crippen molar-refractivity contribution in [2.45, 2.75) is 13.3 Å². The van der Waals surface area contributed by atoms with Gasteiger partial charge >= 0.3 is 0 Å². The Bertz CT molecular complexity index is 349. The molecule has 6 heteroatoms. The molecule has 19 heavy (non-hydrogen) atoms. The van der Waals surface area contributed by atoms with E-state index in [2.05, 4.69) is 26.9 Å². The van der Waals surface area contributed by atoms with E-state index in [-0.39, 0.29) is 0 Å². The first kappa shape index (κ1) is 14.3. The highest BCUT2D eigenvalue weighted by Crippen LogP contribution is 2.16. The largest absolute Gasteiger partial charge is 0.478 e. The summed E-state index contributed by atoms with van der Waals surface area (Å²) in [6.07, 6.45) is 0.904. The van der Waals surface area contributed by atoms with Crippen LogP contribution in [-0.4, -0.2) is 75.1 Å². The Morgan fingerprint density at radius 3 is 2.68 bits per heavy atom. The number of morpholine rings is 1.